The minimum Gasteiger partial charge on any atom is -0.507 e. The number of rotatable bonds is 7. The maximum Gasteiger partial charge on any atom is 0.260 e. The smallest absolute Gasteiger partial charge is 0.260 e. The predicted molar refractivity (Wildman–Crippen MR) is 223 cm³/mol. The number of hydrogen-bond acceptors (Lipinski definition) is 7. The molecule has 6 unspecified atom stereocenters. The molecule has 4 aliphatic rings. The lowest BCUT2D eigenvalue weighted by atomic mass is 9.49. The number of para-hydroxylation sites is 1. The number of imide groups is 2. The van der Waals surface area contributed by atoms with Crippen LogP contribution in [0.3, 0.4) is 0 Å². The molecule has 3 fully saturated rings. The lowest BCUT2D eigenvalue weighted by Gasteiger charge is -2.51. The SMILES string of the molecule is O=C1C2CC3C(=CCC4C(=O)N(c5ccc(Nc6ccccc6)cc5)C(=O)C43)C(c3ccc(O)c4ccccc34)C2(c2ccc(Cl)cc2)C(=O)N1Nc1ccc(F)cc1. The van der Waals surface area contributed by atoms with E-state index in [-0.39, 0.29) is 30.4 Å². The lowest BCUT2D eigenvalue weighted by molar-refractivity contribution is -0.138. The van der Waals surface area contributed by atoms with Crippen LogP contribution in [0, 0.1) is 29.5 Å². The summed E-state index contributed by atoms with van der Waals surface area (Å²) in [5.74, 6) is -6.05. The molecule has 6 aromatic rings. The van der Waals surface area contributed by atoms with Crippen LogP contribution in [-0.2, 0) is 24.6 Å². The Bertz CT molecular complexity index is 2730. The molecule has 1 saturated carbocycles. The second-order valence-electron chi connectivity index (χ2n) is 15.6. The largest absolute Gasteiger partial charge is 0.507 e. The van der Waals surface area contributed by atoms with E-state index in [0.717, 1.165) is 22.0 Å². The van der Waals surface area contributed by atoms with Crippen molar-refractivity contribution in [2.24, 2.45) is 23.7 Å². The fraction of sp³-hybridized carbons (Fsp3) is 0.167. The van der Waals surface area contributed by atoms with Crippen LogP contribution in [0.2, 0.25) is 5.02 Å². The van der Waals surface area contributed by atoms with Gasteiger partial charge in [-0.15, -0.1) is 0 Å². The zero-order valence-electron chi connectivity index (χ0n) is 31.4. The maximum absolute atomic E-state index is 15.5. The first kappa shape index (κ1) is 36.6. The Morgan fingerprint density at radius 3 is 2.07 bits per heavy atom. The van der Waals surface area contributed by atoms with E-state index in [4.69, 9.17) is 11.6 Å². The zero-order valence-corrected chi connectivity index (χ0v) is 32.1. The zero-order chi connectivity index (χ0) is 40.6. The molecule has 6 aromatic carbocycles. The molecule has 59 heavy (non-hydrogen) atoms. The number of phenols is 1. The summed E-state index contributed by atoms with van der Waals surface area (Å²) in [6, 6.07) is 39.9. The average molecular weight is 803 g/mol. The van der Waals surface area contributed by atoms with Gasteiger partial charge in [0.25, 0.3) is 11.8 Å². The highest BCUT2D eigenvalue weighted by molar-refractivity contribution is 6.30. The third-order valence-corrected chi connectivity index (χ3v) is 12.9. The molecule has 0 aromatic heterocycles. The monoisotopic (exact) mass is 802 g/mol. The van der Waals surface area contributed by atoms with E-state index < -0.39 is 52.6 Å². The number of hydrazine groups is 1. The van der Waals surface area contributed by atoms with Crippen molar-refractivity contribution in [1.82, 2.24) is 5.01 Å². The third kappa shape index (κ3) is 5.65. The van der Waals surface area contributed by atoms with Crippen molar-refractivity contribution in [2.75, 3.05) is 15.6 Å². The van der Waals surface area contributed by atoms with Gasteiger partial charge in [-0.2, -0.15) is 5.01 Å². The molecular formula is C48H36ClFN4O5. The summed E-state index contributed by atoms with van der Waals surface area (Å²) in [7, 11) is 0. The van der Waals surface area contributed by atoms with Gasteiger partial charge < -0.3 is 10.4 Å². The molecule has 292 valence electrons. The van der Waals surface area contributed by atoms with Crippen LogP contribution < -0.4 is 15.6 Å². The van der Waals surface area contributed by atoms with Gasteiger partial charge in [-0.1, -0.05) is 83.9 Å². The van der Waals surface area contributed by atoms with Crippen LogP contribution in [0.15, 0.2) is 151 Å². The summed E-state index contributed by atoms with van der Waals surface area (Å²) < 4.78 is 14.0. The molecule has 2 heterocycles. The van der Waals surface area contributed by atoms with E-state index in [0.29, 0.717) is 38.3 Å². The van der Waals surface area contributed by atoms with E-state index >= 15 is 9.59 Å². The standard InChI is InChI=1S/C48H36ClFN4O5/c49-28-12-10-27(11-13-28)48-40(45(57)54(47(48)59)52-32-16-14-29(50)15-17-32)26-39-37(43(48)36-24-25-41(55)35-9-5-4-8-34(35)36)22-23-38-42(39)46(58)53(44(38)56)33-20-18-31(19-21-33)51-30-6-2-1-3-7-30/h1-22,24-25,38-40,42-43,51-52,55H,23,26H2. The first-order valence-corrected chi connectivity index (χ1v) is 19.9. The first-order chi connectivity index (χ1) is 28.6. The minimum absolute atomic E-state index is 0.0529. The number of halogens is 2. The highest BCUT2D eigenvalue weighted by Gasteiger charge is 2.70. The van der Waals surface area contributed by atoms with Crippen molar-refractivity contribution < 1.29 is 28.7 Å². The second-order valence-corrected chi connectivity index (χ2v) is 16.1. The number of carbonyl (C=O) groups excluding carboxylic acids is 4. The van der Waals surface area contributed by atoms with Gasteiger partial charge in [0.1, 0.15) is 11.6 Å². The number of nitrogens with zero attached hydrogens (tertiary/aromatic N) is 2. The van der Waals surface area contributed by atoms with Crippen molar-refractivity contribution in [3.8, 4) is 5.75 Å². The quantitative estimate of drug-likeness (QED) is 0.109. The third-order valence-electron chi connectivity index (χ3n) is 12.7. The Kier molecular flexibility index (Phi) is 8.64. The number of hydrogen-bond donors (Lipinski definition) is 3. The Morgan fingerprint density at radius 2 is 1.34 bits per heavy atom. The molecule has 4 amide bonds. The molecule has 9 nitrogen and oxygen atoms in total. The Labute approximate surface area is 343 Å². The highest BCUT2D eigenvalue weighted by Crippen LogP contribution is 2.65. The Morgan fingerprint density at radius 1 is 0.678 bits per heavy atom. The van der Waals surface area contributed by atoms with Crippen molar-refractivity contribution >= 4 is 68.8 Å². The van der Waals surface area contributed by atoms with Gasteiger partial charge in [-0.25, -0.2) is 4.39 Å². The summed E-state index contributed by atoms with van der Waals surface area (Å²) >= 11 is 6.44. The summed E-state index contributed by atoms with van der Waals surface area (Å²) in [6.45, 7) is 0. The van der Waals surface area contributed by atoms with E-state index in [1.165, 1.54) is 29.2 Å². The van der Waals surface area contributed by atoms with Gasteiger partial charge >= 0.3 is 0 Å². The Hall–Kier alpha value is -6.78. The number of anilines is 4. The van der Waals surface area contributed by atoms with Gasteiger partial charge in [0.15, 0.2) is 0 Å². The van der Waals surface area contributed by atoms with E-state index in [1.807, 2.05) is 66.7 Å². The number of nitrogens with one attached hydrogen (secondary N) is 2. The molecule has 0 radical (unpaired) electrons. The van der Waals surface area contributed by atoms with E-state index in [9.17, 15) is 19.1 Å². The van der Waals surface area contributed by atoms with Gasteiger partial charge in [0.2, 0.25) is 11.8 Å². The summed E-state index contributed by atoms with van der Waals surface area (Å²) in [4.78, 5) is 61.1. The molecule has 2 saturated heterocycles. The molecule has 3 N–H and O–H groups in total. The number of allylic oxidation sites excluding steroid dienone is 2. The topological polar surface area (TPSA) is 119 Å². The average Bonchev–Trinajstić information content (AvgIpc) is 3.63. The first-order valence-electron chi connectivity index (χ1n) is 19.5. The van der Waals surface area contributed by atoms with E-state index in [2.05, 4.69) is 10.7 Å². The summed E-state index contributed by atoms with van der Waals surface area (Å²) in [6.07, 6.45) is 2.35. The number of phenolic OH excluding ortho intramolecular Hbond substituents is 1. The van der Waals surface area contributed by atoms with Gasteiger partial charge in [-0.3, -0.25) is 29.5 Å². The lowest BCUT2D eigenvalue weighted by Crippen LogP contribution is -2.53. The van der Waals surface area contributed by atoms with Crippen molar-refractivity contribution in [3.05, 3.63) is 173 Å². The van der Waals surface area contributed by atoms with Crippen LogP contribution in [0.1, 0.15) is 29.9 Å². The summed E-state index contributed by atoms with van der Waals surface area (Å²) in [5, 5.41) is 17.1. The molecule has 0 spiro atoms. The van der Waals surface area contributed by atoms with E-state index in [1.54, 1.807) is 54.6 Å². The van der Waals surface area contributed by atoms with Crippen LogP contribution in [-0.4, -0.2) is 33.7 Å². The Balaban J connectivity index is 1.12. The number of fused-ring (bicyclic) bond motifs is 5. The molecule has 11 heteroatoms. The molecular weight excluding hydrogens is 767 g/mol. The molecule has 6 atom stereocenters. The normalized spacial score (nSPS) is 24.8. The fourth-order valence-electron chi connectivity index (χ4n) is 10.2. The number of amides is 4. The molecule has 2 aliphatic heterocycles. The predicted octanol–water partition coefficient (Wildman–Crippen LogP) is 9.27. The van der Waals surface area contributed by atoms with Crippen molar-refractivity contribution in [1.29, 1.82) is 0 Å². The van der Waals surface area contributed by atoms with Gasteiger partial charge in [-0.05, 0) is 114 Å². The van der Waals surface area contributed by atoms with Crippen LogP contribution in [0.5, 0.6) is 5.75 Å². The molecule has 10 rings (SSSR count). The number of benzene rings is 6. The maximum atomic E-state index is 15.5. The highest BCUT2D eigenvalue weighted by atomic mass is 35.5. The second kappa shape index (κ2) is 14.0. The summed E-state index contributed by atoms with van der Waals surface area (Å²) in [5.41, 5.74) is 5.92. The van der Waals surface area contributed by atoms with Crippen LogP contribution >= 0.6 is 11.6 Å². The van der Waals surface area contributed by atoms with Crippen LogP contribution in [0.4, 0.5) is 27.1 Å². The molecule has 2 aliphatic carbocycles. The fourth-order valence-corrected chi connectivity index (χ4v) is 10.3. The number of aromatic hydroxyl groups is 1. The van der Waals surface area contributed by atoms with Gasteiger partial charge in [0.05, 0.1) is 34.5 Å². The molecule has 0 bridgehead atoms. The minimum atomic E-state index is -1.56. The van der Waals surface area contributed by atoms with Crippen molar-refractivity contribution in [2.45, 2.75) is 24.2 Å². The van der Waals surface area contributed by atoms with Crippen molar-refractivity contribution in [3.63, 3.8) is 0 Å². The van der Waals surface area contributed by atoms with Crippen LogP contribution in [0.25, 0.3) is 10.8 Å². The van der Waals surface area contributed by atoms with Gasteiger partial charge in [0, 0.05) is 27.7 Å². The number of carbonyl (C=O) groups is 4.